The number of rotatable bonds is 2. The first kappa shape index (κ1) is 10.5. The Kier molecular flexibility index (Phi) is 2.93. The van der Waals surface area contributed by atoms with Crippen LogP contribution < -0.4 is 0 Å². The van der Waals surface area contributed by atoms with E-state index in [1.54, 1.807) is 18.4 Å². The van der Waals surface area contributed by atoms with E-state index >= 15 is 0 Å². The van der Waals surface area contributed by atoms with E-state index in [1.165, 1.54) is 0 Å². The summed E-state index contributed by atoms with van der Waals surface area (Å²) in [5.41, 5.74) is 1.93. The van der Waals surface area contributed by atoms with Gasteiger partial charge in [-0.15, -0.1) is 0 Å². The van der Waals surface area contributed by atoms with Gasteiger partial charge in [0.15, 0.2) is 0 Å². The summed E-state index contributed by atoms with van der Waals surface area (Å²) >= 11 is 3.40. The first-order valence-electron chi connectivity index (χ1n) is 4.65. The van der Waals surface area contributed by atoms with Crippen molar-refractivity contribution in [2.75, 3.05) is 0 Å². The number of aliphatic hydroxyl groups is 1. The first-order valence-corrected chi connectivity index (χ1v) is 5.44. The number of furan rings is 1. The number of hydrogen-bond acceptors (Lipinski definition) is 2. The molecule has 0 saturated carbocycles. The van der Waals surface area contributed by atoms with E-state index in [2.05, 4.69) is 15.9 Å². The lowest BCUT2D eigenvalue weighted by Gasteiger charge is -2.09. The molecule has 3 heteroatoms. The molecule has 0 aliphatic heterocycles. The summed E-state index contributed by atoms with van der Waals surface area (Å²) in [4.78, 5) is 0. The molecule has 0 fully saturated rings. The average Bonchev–Trinajstić information content (AvgIpc) is 2.67. The topological polar surface area (TPSA) is 33.4 Å². The predicted octanol–water partition coefficient (Wildman–Crippen LogP) is 3.43. The van der Waals surface area contributed by atoms with Crippen molar-refractivity contribution in [3.05, 3.63) is 58.0 Å². The van der Waals surface area contributed by atoms with Gasteiger partial charge in [0.25, 0.3) is 0 Å². The molecule has 0 amide bonds. The van der Waals surface area contributed by atoms with Gasteiger partial charge in [0, 0.05) is 4.47 Å². The van der Waals surface area contributed by atoms with Crippen LogP contribution in [-0.4, -0.2) is 5.11 Å². The van der Waals surface area contributed by atoms with Crippen molar-refractivity contribution in [1.82, 2.24) is 0 Å². The quantitative estimate of drug-likeness (QED) is 0.904. The van der Waals surface area contributed by atoms with Crippen molar-refractivity contribution in [2.24, 2.45) is 0 Å². The highest BCUT2D eigenvalue weighted by atomic mass is 79.9. The van der Waals surface area contributed by atoms with Crippen LogP contribution >= 0.6 is 15.9 Å². The van der Waals surface area contributed by atoms with Crippen LogP contribution in [0.15, 0.2) is 45.5 Å². The van der Waals surface area contributed by atoms with Crippen molar-refractivity contribution in [1.29, 1.82) is 0 Å². The Bertz CT molecular complexity index is 428. The minimum atomic E-state index is -0.698. The van der Waals surface area contributed by atoms with Gasteiger partial charge in [-0.25, -0.2) is 0 Å². The highest BCUT2D eigenvalue weighted by Gasteiger charge is 2.13. The average molecular weight is 267 g/mol. The maximum atomic E-state index is 10.0. The Hall–Kier alpha value is -1.06. The molecule has 0 saturated heterocycles. The molecule has 0 aliphatic rings. The van der Waals surface area contributed by atoms with Crippen LogP contribution in [0, 0.1) is 6.92 Å². The lowest BCUT2D eigenvalue weighted by Crippen LogP contribution is -1.98. The summed E-state index contributed by atoms with van der Waals surface area (Å²) in [5.74, 6) is 0.563. The Morgan fingerprint density at radius 3 is 2.73 bits per heavy atom. The summed E-state index contributed by atoms with van der Waals surface area (Å²) in [6.45, 7) is 1.99. The van der Waals surface area contributed by atoms with Crippen molar-refractivity contribution in [3.8, 4) is 0 Å². The minimum Gasteiger partial charge on any atom is -0.466 e. The van der Waals surface area contributed by atoms with E-state index in [-0.39, 0.29) is 0 Å². The minimum absolute atomic E-state index is 0.563. The van der Waals surface area contributed by atoms with Crippen LogP contribution in [0.3, 0.4) is 0 Å². The summed E-state index contributed by atoms with van der Waals surface area (Å²) in [7, 11) is 0. The maximum Gasteiger partial charge on any atom is 0.137 e. The van der Waals surface area contributed by atoms with Gasteiger partial charge in [-0.3, -0.25) is 0 Å². The van der Waals surface area contributed by atoms with Crippen molar-refractivity contribution in [3.63, 3.8) is 0 Å². The van der Waals surface area contributed by atoms with Gasteiger partial charge in [-0.05, 0) is 42.3 Å². The molecule has 2 nitrogen and oxygen atoms in total. The second-order valence-electron chi connectivity index (χ2n) is 3.48. The van der Waals surface area contributed by atoms with E-state index in [0.717, 1.165) is 15.6 Å². The van der Waals surface area contributed by atoms with Crippen LogP contribution in [0.1, 0.15) is 23.0 Å². The van der Waals surface area contributed by atoms with Crippen molar-refractivity contribution < 1.29 is 9.52 Å². The zero-order valence-electron chi connectivity index (χ0n) is 8.27. The smallest absolute Gasteiger partial charge is 0.137 e. The molecule has 1 atom stereocenters. The number of hydrogen-bond donors (Lipinski definition) is 1. The molecule has 78 valence electrons. The SMILES string of the molecule is Cc1cc(Br)cc(C(O)c2ccco2)c1. The fraction of sp³-hybridized carbons (Fsp3) is 0.167. The Morgan fingerprint density at radius 2 is 2.13 bits per heavy atom. The monoisotopic (exact) mass is 266 g/mol. The molecular weight excluding hydrogens is 256 g/mol. The molecule has 1 aromatic carbocycles. The fourth-order valence-electron chi connectivity index (χ4n) is 1.53. The molecule has 0 radical (unpaired) electrons. The van der Waals surface area contributed by atoms with Crippen LogP contribution in [0.4, 0.5) is 0 Å². The molecular formula is C12H11BrO2. The number of aliphatic hydroxyl groups excluding tert-OH is 1. The molecule has 2 aromatic rings. The van der Waals surface area contributed by atoms with E-state index in [9.17, 15) is 5.11 Å². The molecule has 1 aromatic heterocycles. The number of halogens is 1. The zero-order valence-corrected chi connectivity index (χ0v) is 9.86. The molecule has 0 bridgehead atoms. The standard InChI is InChI=1S/C12H11BrO2/c1-8-5-9(7-10(13)6-8)12(14)11-3-2-4-15-11/h2-7,12,14H,1H3. The number of aryl methyl sites for hydroxylation is 1. The first-order chi connectivity index (χ1) is 7.16. The van der Waals surface area contributed by atoms with Gasteiger partial charge in [-0.1, -0.05) is 22.0 Å². The fourth-order valence-corrected chi connectivity index (χ4v) is 2.16. The van der Waals surface area contributed by atoms with Gasteiger partial charge in [-0.2, -0.15) is 0 Å². The van der Waals surface area contributed by atoms with Crippen LogP contribution in [0.25, 0.3) is 0 Å². The van der Waals surface area contributed by atoms with Gasteiger partial charge in [0.05, 0.1) is 6.26 Å². The highest BCUT2D eigenvalue weighted by Crippen LogP contribution is 2.25. The lowest BCUT2D eigenvalue weighted by molar-refractivity contribution is 0.189. The molecule has 2 rings (SSSR count). The summed E-state index contributed by atoms with van der Waals surface area (Å²) in [6.07, 6.45) is 0.861. The van der Waals surface area contributed by atoms with Gasteiger partial charge >= 0.3 is 0 Å². The van der Waals surface area contributed by atoms with Crippen molar-refractivity contribution in [2.45, 2.75) is 13.0 Å². The van der Waals surface area contributed by atoms with E-state index in [1.807, 2.05) is 25.1 Å². The summed E-state index contributed by atoms with van der Waals surface area (Å²) < 4.78 is 6.13. The Morgan fingerprint density at radius 1 is 1.33 bits per heavy atom. The van der Waals surface area contributed by atoms with Crippen LogP contribution in [0.2, 0.25) is 0 Å². The van der Waals surface area contributed by atoms with Gasteiger partial charge < -0.3 is 9.52 Å². The normalized spacial score (nSPS) is 12.7. The summed E-state index contributed by atoms with van der Waals surface area (Å²) in [6, 6.07) is 9.36. The molecule has 1 N–H and O–H groups in total. The predicted molar refractivity (Wildman–Crippen MR) is 61.6 cm³/mol. The van der Waals surface area contributed by atoms with Crippen LogP contribution in [-0.2, 0) is 0 Å². The molecule has 1 unspecified atom stereocenters. The molecule has 0 spiro atoms. The van der Waals surface area contributed by atoms with Gasteiger partial charge in [0.1, 0.15) is 11.9 Å². The molecule has 15 heavy (non-hydrogen) atoms. The van der Waals surface area contributed by atoms with Gasteiger partial charge in [0.2, 0.25) is 0 Å². The third-order valence-corrected chi connectivity index (χ3v) is 2.65. The third-order valence-electron chi connectivity index (χ3n) is 2.19. The van der Waals surface area contributed by atoms with Crippen molar-refractivity contribution >= 4 is 15.9 Å². The lowest BCUT2D eigenvalue weighted by atomic mass is 10.1. The zero-order chi connectivity index (χ0) is 10.8. The third kappa shape index (κ3) is 2.30. The highest BCUT2D eigenvalue weighted by molar-refractivity contribution is 9.10. The van der Waals surface area contributed by atoms with E-state index < -0.39 is 6.10 Å². The van der Waals surface area contributed by atoms with E-state index in [4.69, 9.17) is 4.42 Å². The summed E-state index contributed by atoms with van der Waals surface area (Å²) in [5, 5.41) is 10.0. The Balaban J connectivity index is 2.37. The van der Waals surface area contributed by atoms with E-state index in [0.29, 0.717) is 5.76 Å². The second kappa shape index (κ2) is 4.21. The second-order valence-corrected chi connectivity index (χ2v) is 4.40. The largest absolute Gasteiger partial charge is 0.466 e. The molecule has 1 heterocycles. The van der Waals surface area contributed by atoms with Crippen LogP contribution in [0.5, 0.6) is 0 Å². The Labute approximate surface area is 96.7 Å². The number of benzene rings is 1. The maximum absolute atomic E-state index is 10.0. The molecule has 0 aliphatic carbocycles.